The van der Waals surface area contributed by atoms with Crippen LogP contribution in [-0.4, -0.2) is 65.6 Å². The maximum Gasteiger partial charge on any atom is 0.500 e. The highest BCUT2D eigenvalue weighted by atomic mass is 28.4. The standard InChI is InChI=1S/C30H49NO8Si/c1-4-37-40(38-5-2,39-6-3)24-8-21-31-30(34)36-22-7-9-25-10-12-27(13-11-25)20-23-35-28-17-14-26(15-18-28)16-19-29(32)33/h14-19,25,27H,4-13,20-24H2,1-3H3,(H,31,34)(H,32,33)/b19-16+/t25-,27-. The van der Waals surface area contributed by atoms with Gasteiger partial charge in [0.2, 0.25) is 0 Å². The van der Waals surface area contributed by atoms with Crippen molar-refractivity contribution in [3.05, 3.63) is 35.9 Å². The van der Waals surface area contributed by atoms with E-state index < -0.39 is 14.8 Å². The lowest BCUT2D eigenvalue weighted by molar-refractivity contribution is -0.131. The molecule has 2 rings (SSSR count). The minimum Gasteiger partial charge on any atom is -0.494 e. The fraction of sp³-hybridized carbons (Fsp3) is 0.667. The quantitative estimate of drug-likeness (QED) is 0.105. The van der Waals surface area contributed by atoms with E-state index in [1.165, 1.54) is 25.7 Å². The molecule has 0 heterocycles. The zero-order valence-electron chi connectivity index (χ0n) is 24.5. The maximum atomic E-state index is 12.1. The van der Waals surface area contributed by atoms with Gasteiger partial charge in [0, 0.05) is 38.5 Å². The molecule has 1 aliphatic rings. The van der Waals surface area contributed by atoms with Crippen LogP contribution in [0.15, 0.2) is 30.3 Å². The van der Waals surface area contributed by atoms with Gasteiger partial charge in [-0.25, -0.2) is 9.59 Å². The molecule has 0 radical (unpaired) electrons. The number of benzene rings is 1. The topological polar surface area (TPSA) is 113 Å². The van der Waals surface area contributed by atoms with Gasteiger partial charge in [-0.3, -0.25) is 0 Å². The number of hydrogen-bond acceptors (Lipinski definition) is 7. The van der Waals surface area contributed by atoms with Gasteiger partial charge in [0.15, 0.2) is 0 Å². The van der Waals surface area contributed by atoms with Crippen molar-refractivity contribution >= 4 is 26.9 Å². The molecular formula is C30H49NO8Si. The van der Waals surface area contributed by atoms with Crippen LogP contribution in [0.2, 0.25) is 6.04 Å². The van der Waals surface area contributed by atoms with Crippen molar-refractivity contribution in [3.8, 4) is 5.75 Å². The molecule has 0 atom stereocenters. The van der Waals surface area contributed by atoms with E-state index >= 15 is 0 Å². The van der Waals surface area contributed by atoms with Gasteiger partial charge >= 0.3 is 20.9 Å². The molecule has 9 nitrogen and oxygen atoms in total. The summed E-state index contributed by atoms with van der Waals surface area (Å²) in [5.74, 6) is 1.23. The third-order valence-electron chi connectivity index (χ3n) is 7.07. The summed E-state index contributed by atoms with van der Waals surface area (Å²) < 4.78 is 28.8. The smallest absolute Gasteiger partial charge is 0.494 e. The summed E-state index contributed by atoms with van der Waals surface area (Å²) in [5, 5.41) is 11.5. The van der Waals surface area contributed by atoms with E-state index in [9.17, 15) is 9.59 Å². The van der Waals surface area contributed by atoms with E-state index in [-0.39, 0.29) is 6.09 Å². The highest BCUT2D eigenvalue weighted by Crippen LogP contribution is 2.33. The number of carbonyl (C=O) groups is 2. The van der Waals surface area contributed by atoms with Crippen LogP contribution in [0.25, 0.3) is 6.08 Å². The second kappa shape index (κ2) is 19.6. The van der Waals surface area contributed by atoms with Gasteiger partial charge in [-0.15, -0.1) is 0 Å². The van der Waals surface area contributed by atoms with E-state index in [1.54, 1.807) is 6.08 Å². The fourth-order valence-electron chi connectivity index (χ4n) is 5.08. The van der Waals surface area contributed by atoms with E-state index in [4.69, 9.17) is 27.9 Å². The fourth-order valence-corrected chi connectivity index (χ4v) is 7.69. The Morgan fingerprint density at radius 2 is 1.50 bits per heavy atom. The van der Waals surface area contributed by atoms with Crippen molar-refractivity contribution in [3.63, 3.8) is 0 Å². The number of aliphatic carboxylic acids is 1. The Morgan fingerprint density at radius 3 is 2.08 bits per heavy atom. The summed E-state index contributed by atoms with van der Waals surface area (Å²) in [7, 11) is -2.67. The van der Waals surface area contributed by atoms with Crippen LogP contribution in [0.3, 0.4) is 0 Å². The molecular weight excluding hydrogens is 530 g/mol. The molecule has 0 spiro atoms. The van der Waals surface area contributed by atoms with E-state index in [2.05, 4.69) is 5.32 Å². The van der Waals surface area contributed by atoms with Gasteiger partial charge in [0.05, 0.1) is 13.2 Å². The lowest BCUT2D eigenvalue weighted by Crippen LogP contribution is -2.46. The Hall–Kier alpha value is -2.40. The first-order valence-electron chi connectivity index (χ1n) is 14.9. The van der Waals surface area contributed by atoms with Crippen molar-refractivity contribution in [1.29, 1.82) is 0 Å². The predicted molar refractivity (Wildman–Crippen MR) is 157 cm³/mol. The number of carbonyl (C=O) groups excluding carboxylic acids is 1. The summed E-state index contributed by atoms with van der Waals surface area (Å²) >= 11 is 0. The van der Waals surface area contributed by atoms with Crippen LogP contribution >= 0.6 is 0 Å². The first-order valence-corrected chi connectivity index (χ1v) is 16.8. The maximum absolute atomic E-state index is 12.1. The predicted octanol–water partition coefficient (Wildman–Crippen LogP) is 6.30. The number of ether oxygens (including phenoxy) is 2. The van der Waals surface area contributed by atoms with Crippen LogP contribution < -0.4 is 10.1 Å². The Kier molecular flexibility index (Phi) is 16.6. The first kappa shape index (κ1) is 33.8. The third kappa shape index (κ3) is 13.8. The molecule has 0 unspecified atom stereocenters. The van der Waals surface area contributed by atoms with Crippen LogP contribution in [0, 0.1) is 11.8 Å². The van der Waals surface area contributed by atoms with Crippen LogP contribution in [-0.2, 0) is 22.8 Å². The Bertz CT molecular complexity index is 854. The largest absolute Gasteiger partial charge is 0.500 e. The van der Waals surface area contributed by atoms with Gasteiger partial charge in [-0.1, -0.05) is 37.8 Å². The molecule has 1 aromatic carbocycles. The van der Waals surface area contributed by atoms with Crippen LogP contribution in [0.4, 0.5) is 4.79 Å². The highest BCUT2D eigenvalue weighted by molar-refractivity contribution is 6.60. The van der Waals surface area contributed by atoms with Crippen molar-refractivity contribution in [2.24, 2.45) is 11.8 Å². The Balaban J connectivity index is 1.51. The van der Waals surface area contributed by atoms with Gasteiger partial charge in [0.1, 0.15) is 5.75 Å². The molecule has 40 heavy (non-hydrogen) atoms. The molecule has 1 fully saturated rings. The summed E-state index contributed by atoms with van der Waals surface area (Å²) in [6.45, 7) is 9.09. The van der Waals surface area contributed by atoms with E-state index in [0.29, 0.717) is 63.9 Å². The number of rotatable bonds is 20. The van der Waals surface area contributed by atoms with E-state index in [0.717, 1.165) is 36.7 Å². The number of nitrogens with one attached hydrogen (secondary N) is 1. The second-order valence-corrected chi connectivity index (χ2v) is 12.8. The molecule has 2 N–H and O–H groups in total. The van der Waals surface area contributed by atoms with Crippen LogP contribution in [0.1, 0.15) is 77.7 Å². The molecule has 0 aliphatic heterocycles. The molecule has 226 valence electrons. The lowest BCUT2D eigenvalue weighted by Gasteiger charge is -2.28. The monoisotopic (exact) mass is 579 g/mol. The number of hydrogen-bond donors (Lipinski definition) is 2. The molecule has 1 aliphatic carbocycles. The Labute approximate surface area is 240 Å². The molecule has 0 saturated heterocycles. The Morgan fingerprint density at radius 1 is 0.900 bits per heavy atom. The minimum atomic E-state index is -2.67. The number of carboxylic acids is 1. The van der Waals surface area contributed by atoms with Gasteiger partial charge in [-0.2, -0.15) is 0 Å². The molecule has 0 aromatic heterocycles. The minimum absolute atomic E-state index is 0.369. The molecule has 1 amide bonds. The molecule has 1 saturated carbocycles. The highest BCUT2D eigenvalue weighted by Gasteiger charge is 2.39. The average molecular weight is 580 g/mol. The summed E-state index contributed by atoms with van der Waals surface area (Å²) in [5.41, 5.74) is 0.834. The van der Waals surface area contributed by atoms with Gasteiger partial charge < -0.3 is 33.2 Å². The number of alkyl carbamates (subject to hydrolysis) is 1. The van der Waals surface area contributed by atoms with Crippen molar-refractivity contribution in [1.82, 2.24) is 5.32 Å². The van der Waals surface area contributed by atoms with Crippen molar-refractivity contribution in [2.75, 3.05) is 39.6 Å². The lowest BCUT2D eigenvalue weighted by atomic mass is 9.79. The SMILES string of the molecule is CCO[Si](CCCNC(=O)OCCC[C@H]1CC[C@H](CCOc2ccc(/C=C/C(=O)O)cc2)CC1)(OCC)OCC. The number of carboxylic acid groups (broad SMARTS) is 1. The van der Waals surface area contributed by atoms with E-state index in [1.807, 2.05) is 45.0 Å². The van der Waals surface area contributed by atoms with Crippen molar-refractivity contribution in [2.45, 2.75) is 78.2 Å². The molecule has 0 bridgehead atoms. The molecule has 10 heteroatoms. The first-order chi connectivity index (χ1) is 19.4. The van der Waals surface area contributed by atoms with Gasteiger partial charge in [0.25, 0.3) is 0 Å². The summed E-state index contributed by atoms with van der Waals surface area (Å²) in [6, 6.07) is 8.13. The zero-order chi connectivity index (χ0) is 29.1. The third-order valence-corrected chi connectivity index (χ3v) is 10.2. The zero-order valence-corrected chi connectivity index (χ0v) is 25.5. The average Bonchev–Trinajstić information content (AvgIpc) is 2.94. The number of amides is 1. The summed E-state index contributed by atoms with van der Waals surface area (Å²) in [4.78, 5) is 22.7. The second-order valence-electron chi connectivity index (χ2n) is 10.1. The molecule has 1 aromatic rings. The summed E-state index contributed by atoms with van der Waals surface area (Å²) in [6.07, 6.45) is 10.9. The van der Waals surface area contributed by atoms with Gasteiger partial charge in [-0.05, 0) is 82.1 Å². The van der Waals surface area contributed by atoms with Crippen LogP contribution in [0.5, 0.6) is 5.75 Å². The van der Waals surface area contributed by atoms with Crippen molar-refractivity contribution < 1.29 is 37.4 Å². The normalized spacial score (nSPS) is 17.6.